The minimum Gasteiger partial charge on any atom is -0.268 e. The van der Waals surface area contributed by atoms with E-state index in [0.29, 0.717) is 38.2 Å². The molecule has 0 bridgehead atoms. The molecule has 26 heavy (non-hydrogen) atoms. The van der Waals surface area contributed by atoms with Crippen molar-refractivity contribution in [3.63, 3.8) is 0 Å². The maximum atomic E-state index is 13.9. The lowest BCUT2D eigenvalue weighted by molar-refractivity contribution is 0.617. The first-order valence-electron chi connectivity index (χ1n) is 7.72. The fraction of sp³-hybridized carbons (Fsp3) is 0.0556. The maximum Gasteiger partial charge on any atom is 0.269 e. The van der Waals surface area contributed by atoms with Crippen LogP contribution in [0, 0.1) is 5.82 Å². The molecule has 0 atom stereocenters. The van der Waals surface area contributed by atoms with E-state index in [1.165, 1.54) is 28.6 Å². The second kappa shape index (κ2) is 6.93. The van der Waals surface area contributed by atoms with Crippen LogP contribution in [0.4, 0.5) is 4.39 Å². The zero-order valence-corrected chi connectivity index (χ0v) is 14.9. The van der Waals surface area contributed by atoms with Crippen molar-refractivity contribution in [3.8, 4) is 5.69 Å². The van der Waals surface area contributed by atoms with Gasteiger partial charge in [0.2, 0.25) is 0 Å². The van der Waals surface area contributed by atoms with Gasteiger partial charge in [-0.1, -0.05) is 41.6 Å². The minimum absolute atomic E-state index is 0.248. The van der Waals surface area contributed by atoms with Crippen LogP contribution in [0.15, 0.2) is 64.7 Å². The summed E-state index contributed by atoms with van der Waals surface area (Å²) in [7, 11) is 0. The van der Waals surface area contributed by atoms with Crippen LogP contribution in [0.2, 0.25) is 5.02 Å². The summed E-state index contributed by atoms with van der Waals surface area (Å²) < 4.78 is 15.4. The predicted octanol–water partition coefficient (Wildman–Crippen LogP) is 4.19. The second-order valence-electron chi connectivity index (χ2n) is 5.52. The molecule has 1 N–H and O–H groups in total. The molecule has 2 heterocycles. The van der Waals surface area contributed by atoms with Gasteiger partial charge < -0.3 is 0 Å². The van der Waals surface area contributed by atoms with Crippen molar-refractivity contribution < 1.29 is 4.39 Å². The van der Waals surface area contributed by atoms with Crippen LogP contribution in [-0.2, 0) is 5.75 Å². The number of rotatable bonds is 4. The number of thioether (sulfide) groups is 1. The Morgan fingerprint density at radius 1 is 1.15 bits per heavy atom. The molecule has 0 amide bonds. The largest absolute Gasteiger partial charge is 0.269 e. The van der Waals surface area contributed by atoms with Gasteiger partial charge in [-0.25, -0.2) is 9.37 Å². The van der Waals surface area contributed by atoms with Crippen molar-refractivity contribution in [3.05, 3.63) is 81.5 Å². The maximum absolute atomic E-state index is 13.9. The highest BCUT2D eigenvalue weighted by atomic mass is 35.5. The third kappa shape index (κ3) is 3.11. The average molecular weight is 387 g/mol. The molecule has 0 radical (unpaired) electrons. The second-order valence-corrected chi connectivity index (χ2v) is 6.90. The van der Waals surface area contributed by atoms with Gasteiger partial charge in [0.1, 0.15) is 11.2 Å². The summed E-state index contributed by atoms with van der Waals surface area (Å²) in [6, 6.07) is 13.4. The van der Waals surface area contributed by atoms with Crippen molar-refractivity contribution in [1.29, 1.82) is 0 Å². The summed E-state index contributed by atoms with van der Waals surface area (Å²) in [6.45, 7) is 0. The van der Waals surface area contributed by atoms with Crippen LogP contribution in [0.3, 0.4) is 0 Å². The standard InChI is InChI=1S/C18H12ClFN4OS/c19-12-5-7-13(8-6-12)24-17(25)14-9-21-23-16(14)22-18(24)26-10-11-3-1-2-4-15(11)20/h1-9H,10H2,(H,21,23). The van der Waals surface area contributed by atoms with Gasteiger partial charge in [-0.3, -0.25) is 14.5 Å². The third-order valence-electron chi connectivity index (χ3n) is 3.85. The van der Waals surface area contributed by atoms with Crippen molar-refractivity contribution in [1.82, 2.24) is 19.7 Å². The number of aromatic amines is 1. The van der Waals surface area contributed by atoms with Gasteiger partial charge >= 0.3 is 0 Å². The number of hydrogen-bond donors (Lipinski definition) is 1. The summed E-state index contributed by atoms with van der Waals surface area (Å²) >= 11 is 7.23. The van der Waals surface area contributed by atoms with Gasteiger partial charge in [-0.2, -0.15) is 5.10 Å². The number of nitrogens with zero attached hydrogens (tertiary/aromatic N) is 3. The van der Waals surface area contributed by atoms with E-state index in [0.717, 1.165) is 0 Å². The molecule has 8 heteroatoms. The third-order valence-corrected chi connectivity index (χ3v) is 5.09. The topological polar surface area (TPSA) is 63.6 Å². The number of nitrogens with one attached hydrogen (secondary N) is 1. The van der Waals surface area contributed by atoms with Crippen LogP contribution >= 0.6 is 23.4 Å². The Kier molecular flexibility index (Phi) is 4.48. The van der Waals surface area contributed by atoms with E-state index in [1.807, 2.05) is 0 Å². The molecular formula is C18H12ClFN4OS. The quantitative estimate of drug-likeness (QED) is 0.422. The normalized spacial score (nSPS) is 11.2. The Balaban J connectivity index is 1.82. The van der Waals surface area contributed by atoms with Crippen molar-refractivity contribution in [2.75, 3.05) is 0 Å². The van der Waals surface area contributed by atoms with Crippen LogP contribution in [0.25, 0.3) is 16.7 Å². The van der Waals surface area contributed by atoms with Crippen LogP contribution < -0.4 is 5.56 Å². The molecule has 2 aromatic heterocycles. The molecule has 0 saturated carbocycles. The summed E-state index contributed by atoms with van der Waals surface area (Å²) in [6.07, 6.45) is 1.45. The number of fused-ring (bicyclic) bond motifs is 1. The molecule has 5 nitrogen and oxygen atoms in total. The van der Waals surface area contributed by atoms with Gasteiger partial charge in [0.25, 0.3) is 5.56 Å². The summed E-state index contributed by atoms with van der Waals surface area (Å²) in [5, 5.41) is 8.00. The van der Waals surface area contributed by atoms with E-state index < -0.39 is 0 Å². The lowest BCUT2D eigenvalue weighted by Gasteiger charge is -2.12. The van der Waals surface area contributed by atoms with Crippen LogP contribution in [0.1, 0.15) is 5.56 Å². The Labute approximate surface area is 156 Å². The lowest BCUT2D eigenvalue weighted by atomic mass is 10.2. The minimum atomic E-state index is -0.289. The molecule has 0 aliphatic heterocycles. The Morgan fingerprint density at radius 3 is 2.69 bits per heavy atom. The number of H-pyrrole nitrogens is 1. The van der Waals surface area contributed by atoms with E-state index in [9.17, 15) is 9.18 Å². The Morgan fingerprint density at radius 2 is 1.92 bits per heavy atom. The molecule has 4 aromatic rings. The molecule has 0 aliphatic carbocycles. The summed E-state index contributed by atoms with van der Waals surface area (Å²) in [4.78, 5) is 17.4. The summed E-state index contributed by atoms with van der Waals surface area (Å²) in [5.41, 5.74) is 1.32. The number of aromatic nitrogens is 4. The number of hydrogen-bond acceptors (Lipinski definition) is 4. The van der Waals surface area contributed by atoms with Crippen LogP contribution in [-0.4, -0.2) is 19.7 Å². The molecule has 0 fully saturated rings. The smallest absolute Gasteiger partial charge is 0.268 e. The molecule has 130 valence electrons. The fourth-order valence-corrected chi connectivity index (χ4v) is 3.66. The van der Waals surface area contributed by atoms with Gasteiger partial charge in [0.05, 0.1) is 11.9 Å². The van der Waals surface area contributed by atoms with E-state index in [4.69, 9.17) is 11.6 Å². The van der Waals surface area contributed by atoms with Crippen LogP contribution in [0.5, 0.6) is 0 Å². The van der Waals surface area contributed by atoms with Gasteiger partial charge in [-0.15, -0.1) is 0 Å². The highest BCUT2D eigenvalue weighted by Gasteiger charge is 2.15. The van der Waals surface area contributed by atoms with Crippen molar-refractivity contribution in [2.45, 2.75) is 10.9 Å². The van der Waals surface area contributed by atoms with E-state index in [-0.39, 0.29) is 11.4 Å². The van der Waals surface area contributed by atoms with Gasteiger partial charge in [0.15, 0.2) is 10.8 Å². The molecule has 0 aliphatic rings. The van der Waals surface area contributed by atoms with Crippen molar-refractivity contribution in [2.24, 2.45) is 0 Å². The molecule has 4 rings (SSSR count). The van der Waals surface area contributed by atoms with E-state index in [1.54, 1.807) is 42.5 Å². The SMILES string of the molecule is O=c1c2cn[nH]c2nc(SCc2ccccc2F)n1-c1ccc(Cl)cc1. The Hall–Kier alpha value is -2.64. The Bertz CT molecular complexity index is 1140. The first-order valence-corrected chi connectivity index (χ1v) is 9.08. The van der Waals surface area contributed by atoms with E-state index in [2.05, 4.69) is 15.2 Å². The molecule has 0 unspecified atom stereocenters. The first-order chi connectivity index (χ1) is 12.6. The number of benzene rings is 2. The van der Waals surface area contributed by atoms with E-state index >= 15 is 0 Å². The van der Waals surface area contributed by atoms with Gasteiger partial charge in [-0.05, 0) is 35.9 Å². The predicted molar refractivity (Wildman–Crippen MR) is 100 cm³/mol. The zero-order valence-electron chi connectivity index (χ0n) is 13.3. The highest BCUT2D eigenvalue weighted by Crippen LogP contribution is 2.25. The summed E-state index contributed by atoms with van der Waals surface area (Å²) in [5.74, 6) is 0.0507. The average Bonchev–Trinajstić information content (AvgIpc) is 3.11. The number of halogens is 2. The van der Waals surface area contributed by atoms with Crippen molar-refractivity contribution >= 4 is 34.4 Å². The molecule has 0 saturated heterocycles. The highest BCUT2D eigenvalue weighted by molar-refractivity contribution is 7.98. The monoisotopic (exact) mass is 386 g/mol. The van der Waals surface area contributed by atoms with Gasteiger partial charge in [0, 0.05) is 10.8 Å². The first kappa shape index (κ1) is 16.8. The lowest BCUT2D eigenvalue weighted by Crippen LogP contribution is -2.21. The fourth-order valence-electron chi connectivity index (χ4n) is 2.55. The molecule has 2 aromatic carbocycles. The molecular weight excluding hydrogens is 375 g/mol. The zero-order chi connectivity index (χ0) is 18.1. The molecule has 0 spiro atoms.